The zero-order chi connectivity index (χ0) is 24.1. The molecule has 4 rings (SSSR count). The Kier molecular flexibility index (Phi) is 7.86. The summed E-state index contributed by atoms with van der Waals surface area (Å²) < 4.78 is 55.3. The number of hydrogen-bond donors (Lipinski definition) is 0. The van der Waals surface area contributed by atoms with Gasteiger partial charge in [-0.25, -0.2) is 13.2 Å². The molecule has 34 heavy (non-hydrogen) atoms. The highest BCUT2D eigenvalue weighted by atomic mass is 19.2. The first-order valence-electron chi connectivity index (χ1n) is 11.7. The number of ether oxygens (including phenoxy) is 2. The molecule has 0 radical (unpaired) electrons. The van der Waals surface area contributed by atoms with Gasteiger partial charge in [0, 0.05) is 17.0 Å². The van der Waals surface area contributed by atoms with E-state index in [9.17, 15) is 13.2 Å². The lowest BCUT2D eigenvalue weighted by molar-refractivity contribution is -0.176. The summed E-state index contributed by atoms with van der Waals surface area (Å²) in [4.78, 5) is 0. The summed E-state index contributed by atoms with van der Waals surface area (Å²) in [5.41, 5.74) is 3.06. The first kappa shape index (κ1) is 24.2. The van der Waals surface area contributed by atoms with Crippen molar-refractivity contribution in [2.75, 3.05) is 13.2 Å². The van der Waals surface area contributed by atoms with E-state index < -0.39 is 11.6 Å². The molecule has 0 amide bonds. The van der Waals surface area contributed by atoms with Gasteiger partial charge in [0.1, 0.15) is 5.82 Å². The van der Waals surface area contributed by atoms with E-state index in [0.717, 1.165) is 24.8 Å². The molecular weight excluding hydrogens is 437 g/mol. The van der Waals surface area contributed by atoms with Crippen LogP contribution in [0.1, 0.15) is 43.2 Å². The summed E-state index contributed by atoms with van der Waals surface area (Å²) >= 11 is 0. The topological polar surface area (TPSA) is 18.5 Å². The molecule has 1 aliphatic heterocycles. The molecule has 1 heterocycles. The van der Waals surface area contributed by atoms with Gasteiger partial charge >= 0.3 is 0 Å². The van der Waals surface area contributed by atoms with Gasteiger partial charge in [0.05, 0.1) is 13.2 Å². The Morgan fingerprint density at radius 2 is 1.50 bits per heavy atom. The zero-order valence-electron chi connectivity index (χ0n) is 19.3. The molecule has 1 fully saturated rings. The molecular formula is C29H29F3O2. The highest BCUT2D eigenvalue weighted by Crippen LogP contribution is 2.32. The number of hydrogen-bond acceptors (Lipinski definition) is 2. The maximum Gasteiger partial charge on any atom is 0.166 e. The second-order valence-corrected chi connectivity index (χ2v) is 8.68. The lowest BCUT2D eigenvalue weighted by Crippen LogP contribution is -2.28. The summed E-state index contributed by atoms with van der Waals surface area (Å²) in [6, 6.07) is 15.2. The fourth-order valence-electron chi connectivity index (χ4n) is 4.25. The van der Waals surface area contributed by atoms with Gasteiger partial charge in [-0.15, -0.1) is 6.58 Å². The Labute approximate surface area is 199 Å². The lowest BCUT2D eigenvalue weighted by Gasteiger charge is -2.27. The van der Waals surface area contributed by atoms with Gasteiger partial charge < -0.3 is 9.47 Å². The van der Waals surface area contributed by atoms with Gasteiger partial charge in [0.15, 0.2) is 17.9 Å². The summed E-state index contributed by atoms with van der Waals surface area (Å²) in [6.45, 7) is 6.49. The van der Waals surface area contributed by atoms with E-state index in [-0.39, 0.29) is 23.6 Å². The molecule has 0 bridgehead atoms. The average molecular weight is 467 g/mol. The van der Waals surface area contributed by atoms with Crippen molar-refractivity contribution in [1.82, 2.24) is 0 Å². The quantitative estimate of drug-likeness (QED) is 0.249. The van der Waals surface area contributed by atoms with Gasteiger partial charge in [0.2, 0.25) is 0 Å². The van der Waals surface area contributed by atoms with Crippen LogP contribution in [-0.2, 0) is 15.9 Å². The summed E-state index contributed by atoms with van der Waals surface area (Å²) in [7, 11) is 0. The SMILES string of the molecule is C=CCCCCc1ccc(-c2ccc(-c3ccc(C4COC(C)OC4)cc3F)cc2)c(F)c1F. The van der Waals surface area contributed by atoms with E-state index in [1.165, 1.54) is 6.07 Å². The fourth-order valence-corrected chi connectivity index (χ4v) is 4.25. The van der Waals surface area contributed by atoms with E-state index in [1.54, 1.807) is 42.5 Å². The molecule has 0 atom stereocenters. The number of benzene rings is 3. The Hall–Kier alpha value is -2.89. The van der Waals surface area contributed by atoms with Crippen LogP contribution in [0.15, 0.2) is 67.3 Å². The maximum absolute atomic E-state index is 14.9. The van der Waals surface area contributed by atoms with E-state index in [2.05, 4.69) is 6.58 Å². The van der Waals surface area contributed by atoms with Crippen molar-refractivity contribution in [1.29, 1.82) is 0 Å². The van der Waals surface area contributed by atoms with Gasteiger partial charge in [0.25, 0.3) is 0 Å². The molecule has 0 aliphatic carbocycles. The third-order valence-electron chi connectivity index (χ3n) is 6.30. The Morgan fingerprint density at radius 1 is 0.853 bits per heavy atom. The molecule has 3 aromatic rings. The van der Waals surface area contributed by atoms with Gasteiger partial charge in [-0.05, 0) is 60.9 Å². The van der Waals surface area contributed by atoms with Crippen LogP contribution in [0.5, 0.6) is 0 Å². The van der Waals surface area contributed by atoms with Crippen molar-refractivity contribution in [3.63, 3.8) is 0 Å². The molecule has 1 aliphatic rings. The van der Waals surface area contributed by atoms with Crippen LogP contribution in [0.4, 0.5) is 13.2 Å². The summed E-state index contributed by atoms with van der Waals surface area (Å²) in [5.74, 6) is -2.01. The van der Waals surface area contributed by atoms with Crippen LogP contribution < -0.4 is 0 Å². The third kappa shape index (κ3) is 5.43. The second kappa shape index (κ2) is 11.0. The Bertz CT molecular complexity index is 1130. The molecule has 2 nitrogen and oxygen atoms in total. The monoisotopic (exact) mass is 466 g/mol. The standard InChI is InChI=1S/C29H29F3O2/c1-3-4-5-6-7-22-12-15-26(29(32)28(22)31)21-10-8-20(9-11-21)25-14-13-23(16-27(25)30)24-17-33-19(2)34-18-24/h3,8-16,19,24H,1,4-7,17-18H2,2H3. The minimum Gasteiger partial charge on any atom is -0.352 e. The second-order valence-electron chi connectivity index (χ2n) is 8.68. The largest absolute Gasteiger partial charge is 0.352 e. The van der Waals surface area contributed by atoms with Gasteiger partial charge in [-0.2, -0.15) is 0 Å². The minimum atomic E-state index is -0.851. The fraction of sp³-hybridized carbons (Fsp3) is 0.310. The van der Waals surface area contributed by atoms with Crippen molar-refractivity contribution in [2.24, 2.45) is 0 Å². The van der Waals surface area contributed by atoms with Crippen LogP contribution in [0.25, 0.3) is 22.3 Å². The van der Waals surface area contributed by atoms with E-state index in [4.69, 9.17) is 9.47 Å². The van der Waals surface area contributed by atoms with Crippen molar-refractivity contribution in [2.45, 2.75) is 44.8 Å². The van der Waals surface area contributed by atoms with Crippen LogP contribution in [0, 0.1) is 17.5 Å². The van der Waals surface area contributed by atoms with E-state index in [1.807, 2.05) is 19.1 Å². The third-order valence-corrected chi connectivity index (χ3v) is 6.30. The Balaban J connectivity index is 1.50. The normalized spacial score (nSPS) is 18.1. The number of unbranched alkanes of at least 4 members (excludes halogenated alkanes) is 2. The number of halogens is 3. The van der Waals surface area contributed by atoms with Crippen LogP contribution in [0.3, 0.4) is 0 Å². The molecule has 0 spiro atoms. The molecule has 5 heteroatoms. The number of rotatable bonds is 8. The van der Waals surface area contributed by atoms with Crippen LogP contribution in [0.2, 0.25) is 0 Å². The van der Waals surface area contributed by atoms with Crippen molar-refractivity contribution in [3.05, 3.63) is 95.8 Å². The molecule has 178 valence electrons. The van der Waals surface area contributed by atoms with Crippen molar-refractivity contribution in [3.8, 4) is 22.3 Å². The zero-order valence-corrected chi connectivity index (χ0v) is 19.3. The first-order chi connectivity index (χ1) is 16.5. The highest BCUT2D eigenvalue weighted by molar-refractivity contribution is 5.71. The number of allylic oxidation sites excluding steroid dienone is 1. The first-order valence-corrected chi connectivity index (χ1v) is 11.7. The minimum absolute atomic E-state index is 0.00930. The van der Waals surface area contributed by atoms with Gasteiger partial charge in [-0.1, -0.05) is 54.6 Å². The molecule has 0 saturated carbocycles. The predicted molar refractivity (Wildman–Crippen MR) is 129 cm³/mol. The van der Waals surface area contributed by atoms with Crippen molar-refractivity contribution >= 4 is 0 Å². The molecule has 0 unspecified atom stereocenters. The number of aryl methyl sites for hydroxylation is 1. The van der Waals surface area contributed by atoms with E-state index >= 15 is 0 Å². The molecule has 3 aromatic carbocycles. The summed E-state index contributed by atoms with van der Waals surface area (Å²) in [5, 5.41) is 0. The van der Waals surface area contributed by atoms with Gasteiger partial charge in [-0.3, -0.25) is 0 Å². The molecule has 0 N–H and O–H groups in total. The van der Waals surface area contributed by atoms with Crippen molar-refractivity contribution < 1.29 is 22.6 Å². The Morgan fingerprint density at radius 3 is 2.15 bits per heavy atom. The maximum atomic E-state index is 14.9. The predicted octanol–water partition coefficient (Wildman–Crippen LogP) is 7.81. The molecule has 1 saturated heterocycles. The smallest absolute Gasteiger partial charge is 0.166 e. The van der Waals surface area contributed by atoms with Crippen LogP contribution >= 0.6 is 0 Å². The lowest BCUT2D eigenvalue weighted by atomic mass is 9.94. The highest BCUT2D eigenvalue weighted by Gasteiger charge is 2.22. The van der Waals surface area contributed by atoms with E-state index in [0.29, 0.717) is 41.9 Å². The summed E-state index contributed by atoms with van der Waals surface area (Å²) in [6.07, 6.45) is 4.61. The average Bonchev–Trinajstić information content (AvgIpc) is 2.85. The van der Waals surface area contributed by atoms with Crippen LogP contribution in [-0.4, -0.2) is 19.5 Å². The molecule has 0 aromatic heterocycles.